The summed E-state index contributed by atoms with van der Waals surface area (Å²) in [5, 5.41) is 8.48. The average Bonchev–Trinajstić information content (AvgIpc) is 2.45. The molecule has 3 nitrogen and oxygen atoms in total. The highest BCUT2D eigenvalue weighted by molar-refractivity contribution is 5.21. The molecule has 1 rings (SSSR count). The van der Waals surface area contributed by atoms with Crippen molar-refractivity contribution in [2.24, 2.45) is 0 Å². The Hall–Kier alpha value is -0.860. The van der Waals surface area contributed by atoms with E-state index < -0.39 is 0 Å². The number of hydrogen-bond acceptors (Lipinski definition) is 2. The Balaban J connectivity index is 3.25. The van der Waals surface area contributed by atoms with Crippen LogP contribution in [0.4, 0.5) is 0 Å². The normalized spacial score (nSPS) is 12.5. The number of nitrogens with zero attached hydrogens (tertiary/aromatic N) is 3. The van der Waals surface area contributed by atoms with Gasteiger partial charge in [0.05, 0.1) is 11.4 Å². The van der Waals surface area contributed by atoms with Crippen LogP contribution in [0.5, 0.6) is 0 Å². The van der Waals surface area contributed by atoms with Crippen LogP contribution in [0.25, 0.3) is 0 Å². The molecule has 0 aromatic carbocycles. The van der Waals surface area contributed by atoms with E-state index in [1.54, 1.807) is 0 Å². The Morgan fingerprint density at radius 3 is 2.21 bits per heavy atom. The van der Waals surface area contributed by atoms with E-state index in [-0.39, 0.29) is 5.41 Å². The fraction of sp³-hybridized carbons (Fsp3) is 0.818. The fourth-order valence-electron chi connectivity index (χ4n) is 1.66. The van der Waals surface area contributed by atoms with Gasteiger partial charge < -0.3 is 0 Å². The highest BCUT2D eigenvalue weighted by Gasteiger charge is 2.25. The molecule has 0 aliphatic heterocycles. The summed E-state index contributed by atoms with van der Waals surface area (Å²) in [4.78, 5) is 0. The maximum absolute atomic E-state index is 4.29. The van der Waals surface area contributed by atoms with Gasteiger partial charge in [0.25, 0.3) is 0 Å². The molecule has 0 radical (unpaired) electrons. The Bertz CT molecular complexity index is 305. The zero-order valence-electron chi connectivity index (χ0n) is 10.1. The molecule has 0 aliphatic carbocycles. The summed E-state index contributed by atoms with van der Waals surface area (Å²) in [6.07, 6.45) is 0. The Morgan fingerprint density at radius 1 is 1.29 bits per heavy atom. The summed E-state index contributed by atoms with van der Waals surface area (Å²) in [5.74, 6) is 0.485. The molecule has 0 bridgehead atoms. The van der Waals surface area contributed by atoms with Crippen molar-refractivity contribution in [2.75, 3.05) is 0 Å². The Morgan fingerprint density at radius 2 is 1.86 bits per heavy atom. The van der Waals surface area contributed by atoms with Crippen LogP contribution in [0.1, 0.15) is 58.8 Å². The molecule has 1 aromatic rings. The zero-order valence-corrected chi connectivity index (χ0v) is 10.1. The molecule has 3 heteroatoms. The fourth-order valence-corrected chi connectivity index (χ4v) is 1.66. The highest BCUT2D eigenvalue weighted by atomic mass is 15.4. The molecule has 14 heavy (non-hydrogen) atoms. The molecule has 0 atom stereocenters. The first-order chi connectivity index (χ1) is 6.38. The smallest absolute Gasteiger partial charge is 0.0915 e. The predicted molar refractivity (Wildman–Crippen MR) is 58.5 cm³/mol. The van der Waals surface area contributed by atoms with Gasteiger partial charge in [0.1, 0.15) is 0 Å². The summed E-state index contributed by atoms with van der Waals surface area (Å²) < 4.78 is 2.01. The SMILES string of the molecule is CCn1nnc(C(C)(C)C)c1C(C)C. The summed E-state index contributed by atoms with van der Waals surface area (Å²) in [7, 11) is 0. The first-order valence-electron chi connectivity index (χ1n) is 5.31. The second-order valence-corrected chi connectivity index (χ2v) is 5.04. The van der Waals surface area contributed by atoms with E-state index in [0.29, 0.717) is 5.92 Å². The monoisotopic (exact) mass is 195 g/mol. The van der Waals surface area contributed by atoms with Gasteiger partial charge in [-0.1, -0.05) is 39.8 Å². The minimum atomic E-state index is 0.0903. The van der Waals surface area contributed by atoms with E-state index in [1.165, 1.54) is 5.69 Å². The van der Waals surface area contributed by atoms with Crippen LogP contribution in [0.3, 0.4) is 0 Å². The third kappa shape index (κ3) is 1.97. The zero-order chi connectivity index (χ0) is 10.9. The molecular weight excluding hydrogens is 174 g/mol. The van der Waals surface area contributed by atoms with Crippen LogP contribution < -0.4 is 0 Å². The number of hydrogen-bond donors (Lipinski definition) is 0. The van der Waals surface area contributed by atoms with Gasteiger partial charge >= 0.3 is 0 Å². The molecule has 0 N–H and O–H groups in total. The maximum atomic E-state index is 4.29. The minimum absolute atomic E-state index is 0.0903. The van der Waals surface area contributed by atoms with Gasteiger partial charge in [-0.15, -0.1) is 5.10 Å². The molecule has 0 saturated heterocycles. The first kappa shape index (κ1) is 11.2. The second kappa shape index (κ2) is 3.71. The Labute approximate surface area is 86.5 Å². The van der Waals surface area contributed by atoms with E-state index in [9.17, 15) is 0 Å². The van der Waals surface area contributed by atoms with Crippen molar-refractivity contribution in [3.63, 3.8) is 0 Å². The van der Waals surface area contributed by atoms with Crippen molar-refractivity contribution in [3.8, 4) is 0 Å². The number of aromatic nitrogens is 3. The molecule has 0 unspecified atom stereocenters. The lowest BCUT2D eigenvalue weighted by Crippen LogP contribution is -2.16. The van der Waals surface area contributed by atoms with Crippen molar-refractivity contribution in [2.45, 2.75) is 59.4 Å². The van der Waals surface area contributed by atoms with E-state index in [0.717, 1.165) is 12.2 Å². The number of rotatable bonds is 2. The second-order valence-electron chi connectivity index (χ2n) is 5.04. The standard InChI is InChI=1S/C11H21N3/c1-7-14-9(8(2)3)10(12-13-14)11(4,5)6/h8H,7H2,1-6H3. The molecule has 0 spiro atoms. The van der Waals surface area contributed by atoms with Gasteiger partial charge in [-0.05, 0) is 12.8 Å². The third-order valence-electron chi connectivity index (χ3n) is 2.33. The maximum Gasteiger partial charge on any atom is 0.0915 e. The quantitative estimate of drug-likeness (QED) is 0.726. The summed E-state index contributed by atoms with van der Waals surface area (Å²) in [6.45, 7) is 13.9. The van der Waals surface area contributed by atoms with Gasteiger partial charge in [-0.2, -0.15) is 0 Å². The van der Waals surface area contributed by atoms with Gasteiger partial charge in [0, 0.05) is 12.0 Å². The molecular formula is C11H21N3. The molecule has 1 aromatic heterocycles. The molecule has 0 amide bonds. The summed E-state index contributed by atoms with van der Waals surface area (Å²) >= 11 is 0. The lowest BCUT2D eigenvalue weighted by atomic mass is 9.88. The van der Waals surface area contributed by atoms with E-state index >= 15 is 0 Å². The van der Waals surface area contributed by atoms with Crippen LogP contribution in [0, 0.1) is 0 Å². The van der Waals surface area contributed by atoms with Crippen molar-refractivity contribution >= 4 is 0 Å². The lowest BCUT2D eigenvalue weighted by Gasteiger charge is -2.19. The van der Waals surface area contributed by atoms with Gasteiger partial charge in [-0.3, -0.25) is 0 Å². The largest absolute Gasteiger partial charge is 0.249 e. The molecule has 1 heterocycles. The summed E-state index contributed by atoms with van der Waals surface area (Å²) in [6, 6.07) is 0. The van der Waals surface area contributed by atoms with Crippen molar-refractivity contribution in [1.82, 2.24) is 15.0 Å². The third-order valence-corrected chi connectivity index (χ3v) is 2.33. The van der Waals surface area contributed by atoms with Crippen LogP contribution >= 0.6 is 0 Å². The van der Waals surface area contributed by atoms with E-state index in [1.807, 2.05) is 4.68 Å². The van der Waals surface area contributed by atoms with Crippen molar-refractivity contribution in [3.05, 3.63) is 11.4 Å². The van der Waals surface area contributed by atoms with Crippen molar-refractivity contribution in [1.29, 1.82) is 0 Å². The molecule has 0 saturated carbocycles. The van der Waals surface area contributed by atoms with Crippen LogP contribution in [-0.2, 0) is 12.0 Å². The molecule has 0 aliphatic rings. The lowest BCUT2D eigenvalue weighted by molar-refractivity contribution is 0.549. The summed E-state index contributed by atoms with van der Waals surface area (Å²) in [5.41, 5.74) is 2.50. The van der Waals surface area contributed by atoms with Crippen LogP contribution in [0.2, 0.25) is 0 Å². The minimum Gasteiger partial charge on any atom is -0.249 e. The highest BCUT2D eigenvalue weighted by Crippen LogP contribution is 2.28. The van der Waals surface area contributed by atoms with Gasteiger partial charge in [0.15, 0.2) is 0 Å². The van der Waals surface area contributed by atoms with Crippen molar-refractivity contribution < 1.29 is 0 Å². The first-order valence-corrected chi connectivity index (χ1v) is 5.31. The van der Waals surface area contributed by atoms with E-state index in [4.69, 9.17) is 0 Å². The van der Waals surface area contributed by atoms with Gasteiger partial charge in [0.2, 0.25) is 0 Å². The van der Waals surface area contributed by atoms with Crippen LogP contribution in [-0.4, -0.2) is 15.0 Å². The van der Waals surface area contributed by atoms with Gasteiger partial charge in [-0.25, -0.2) is 4.68 Å². The molecule has 0 fully saturated rings. The van der Waals surface area contributed by atoms with Crippen LogP contribution in [0.15, 0.2) is 0 Å². The predicted octanol–water partition coefficient (Wildman–Crippen LogP) is 2.72. The van der Waals surface area contributed by atoms with E-state index in [2.05, 4.69) is 51.9 Å². The number of aryl methyl sites for hydroxylation is 1. The average molecular weight is 195 g/mol. The molecule has 80 valence electrons. The Kier molecular flexibility index (Phi) is 2.98. The topological polar surface area (TPSA) is 30.7 Å².